The highest BCUT2D eigenvalue weighted by Crippen LogP contribution is 2.46. The fraction of sp³-hybridized carbons (Fsp3) is 0. The minimum absolute atomic E-state index is 0.00847. The Kier molecular flexibility index (Phi) is 5.48. The van der Waals surface area contributed by atoms with Gasteiger partial charge in [-0.15, -0.1) is 0 Å². The van der Waals surface area contributed by atoms with Crippen LogP contribution in [0.2, 0.25) is 0 Å². The average Bonchev–Trinajstić information content (AvgIpc) is 3.84. The first-order valence-corrected chi connectivity index (χ1v) is 20.6. The average molecular weight is 744 g/mol. The van der Waals surface area contributed by atoms with E-state index in [0.29, 0.717) is 0 Å². The highest BCUT2D eigenvalue weighted by molar-refractivity contribution is 7.00. The molecule has 10 aromatic carbocycles. The molecule has 0 aliphatic carbocycles. The van der Waals surface area contributed by atoms with Crippen molar-refractivity contribution in [2.45, 2.75) is 0 Å². The minimum atomic E-state index is 0.00847. The van der Waals surface area contributed by atoms with Crippen LogP contribution in [0.15, 0.2) is 182 Å². The fourth-order valence-electron chi connectivity index (χ4n) is 11.5. The van der Waals surface area contributed by atoms with Gasteiger partial charge in [0.2, 0.25) is 0 Å². The monoisotopic (exact) mass is 743 g/mol. The van der Waals surface area contributed by atoms with E-state index in [1.165, 1.54) is 114 Å². The summed E-state index contributed by atoms with van der Waals surface area (Å²) >= 11 is 0. The zero-order valence-corrected chi connectivity index (χ0v) is 31.7. The summed E-state index contributed by atoms with van der Waals surface area (Å²) in [5.74, 6) is 0. The summed E-state index contributed by atoms with van der Waals surface area (Å²) in [7, 11) is 0. The second-order valence-electron chi connectivity index (χ2n) is 16.6. The Labute approximate surface area is 338 Å². The molecule has 0 atom stereocenters. The van der Waals surface area contributed by atoms with Crippen LogP contribution in [0, 0.1) is 0 Å². The molecule has 268 valence electrons. The molecular formula is C55H30BN3. The van der Waals surface area contributed by atoms with Crippen LogP contribution in [0.1, 0.15) is 0 Å². The lowest BCUT2D eigenvalue weighted by Crippen LogP contribution is -2.59. The second kappa shape index (κ2) is 10.6. The molecule has 2 aliphatic rings. The summed E-state index contributed by atoms with van der Waals surface area (Å²) in [6, 6.07) is 66.0. The van der Waals surface area contributed by atoms with Crippen molar-refractivity contribution in [2.75, 3.05) is 0 Å². The van der Waals surface area contributed by atoms with Crippen molar-refractivity contribution in [3.8, 4) is 22.5 Å². The molecule has 0 N–H and O–H groups in total. The first-order valence-electron chi connectivity index (χ1n) is 20.6. The van der Waals surface area contributed by atoms with E-state index in [1.807, 2.05) is 0 Å². The lowest BCUT2D eigenvalue weighted by molar-refractivity contribution is 1.14. The molecule has 0 spiro atoms. The Morgan fingerprint density at radius 1 is 0.373 bits per heavy atom. The van der Waals surface area contributed by atoms with Gasteiger partial charge in [-0.3, -0.25) is 4.98 Å². The van der Waals surface area contributed by atoms with Gasteiger partial charge in [-0.25, -0.2) is 0 Å². The molecule has 2 aliphatic heterocycles. The van der Waals surface area contributed by atoms with Crippen LogP contribution in [-0.2, 0) is 0 Å². The summed E-state index contributed by atoms with van der Waals surface area (Å²) in [5, 5.41) is 16.7. The smallest absolute Gasteiger partial charge is 0.252 e. The van der Waals surface area contributed by atoms with Crippen molar-refractivity contribution in [2.24, 2.45) is 0 Å². The molecule has 0 amide bonds. The van der Waals surface area contributed by atoms with Crippen LogP contribution < -0.4 is 16.4 Å². The quantitative estimate of drug-likeness (QED) is 0.154. The molecule has 0 bridgehead atoms. The maximum absolute atomic E-state index is 5.01. The molecule has 0 radical (unpaired) electrons. The summed E-state index contributed by atoms with van der Waals surface area (Å²) in [6.07, 6.45) is 2.07. The van der Waals surface area contributed by atoms with E-state index in [0.717, 1.165) is 22.0 Å². The second-order valence-corrected chi connectivity index (χ2v) is 16.6. The van der Waals surface area contributed by atoms with Crippen molar-refractivity contribution < 1.29 is 0 Å². The third-order valence-electron chi connectivity index (χ3n) is 13.8. The largest absolute Gasteiger partial charge is 0.310 e. The van der Waals surface area contributed by atoms with Gasteiger partial charge in [-0.05, 0) is 101 Å². The molecule has 3 aromatic heterocycles. The Morgan fingerprint density at radius 3 is 1.37 bits per heavy atom. The molecule has 59 heavy (non-hydrogen) atoms. The van der Waals surface area contributed by atoms with E-state index in [9.17, 15) is 0 Å². The SMILES string of the molecule is c1ccc2ncc(-c3cc4c5c(c3)-n3c6ccc7ccccc7c6c6c7ccccc7cc(c63)B5c3cc5ccccc5c5c6c7ccccc7ccc6n-4c35)cc2c1. The summed E-state index contributed by atoms with van der Waals surface area (Å²) < 4.78 is 5.24. The van der Waals surface area contributed by atoms with Crippen LogP contribution in [-0.4, -0.2) is 20.8 Å². The van der Waals surface area contributed by atoms with Gasteiger partial charge < -0.3 is 9.13 Å². The van der Waals surface area contributed by atoms with Gasteiger partial charge in [0.25, 0.3) is 6.71 Å². The zero-order chi connectivity index (χ0) is 38.1. The third kappa shape index (κ3) is 3.69. The van der Waals surface area contributed by atoms with Gasteiger partial charge in [0.15, 0.2) is 0 Å². The van der Waals surface area contributed by atoms with E-state index in [2.05, 4.69) is 191 Å². The molecular weight excluding hydrogens is 713 g/mol. The van der Waals surface area contributed by atoms with Gasteiger partial charge in [0.05, 0.1) is 27.6 Å². The van der Waals surface area contributed by atoms with Gasteiger partial charge in [0, 0.05) is 50.1 Å². The third-order valence-corrected chi connectivity index (χ3v) is 13.8. The topological polar surface area (TPSA) is 22.8 Å². The Balaban J connectivity index is 1.22. The molecule has 0 saturated heterocycles. The number of aromatic nitrogens is 3. The fourth-order valence-corrected chi connectivity index (χ4v) is 11.5. The summed E-state index contributed by atoms with van der Waals surface area (Å²) in [5.41, 5.74) is 14.9. The number of rotatable bonds is 1. The molecule has 0 unspecified atom stereocenters. The number of hydrogen-bond donors (Lipinski definition) is 0. The maximum Gasteiger partial charge on any atom is 0.252 e. The predicted molar refractivity (Wildman–Crippen MR) is 251 cm³/mol. The van der Waals surface area contributed by atoms with Crippen molar-refractivity contribution in [3.63, 3.8) is 0 Å². The molecule has 0 saturated carbocycles. The van der Waals surface area contributed by atoms with Crippen LogP contribution in [0.5, 0.6) is 0 Å². The number of hydrogen-bond acceptors (Lipinski definition) is 1. The van der Waals surface area contributed by atoms with Crippen molar-refractivity contribution in [1.82, 2.24) is 14.1 Å². The van der Waals surface area contributed by atoms with E-state index in [1.54, 1.807) is 0 Å². The highest BCUT2D eigenvalue weighted by Gasteiger charge is 2.42. The highest BCUT2D eigenvalue weighted by atomic mass is 15.0. The van der Waals surface area contributed by atoms with Crippen molar-refractivity contribution in [1.29, 1.82) is 0 Å². The molecule has 13 aromatic rings. The number of fused-ring (bicyclic) bond motifs is 19. The number of pyridine rings is 1. The van der Waals surface area contributed by atoms with E-state index in [4.69, 9.17) is 4.98 Å². The van der Waals surface area contributed by atoms with Gasteiger partial charge in [-0.2, -0.15) is 0 Å². The number of benzene rings is 10. The normalized spacial score (nSPS) is 13.1. The maximum atomic E-state index is 5.01. The van der Waals surface area contributed by atoms with E-state index >= 15 is 0 Å². The predicted octanol–water partition coefficient (Wildman–Crippen LogP) is 11.9. The van der Waals surface area contributed by atoms with E-state index < -0.39 is 0 Å². The lowest BCUT2D eigenvalue weighted by atomic mass is 9.34. The molecule has 4 heteroatoms. The Bertz CT molecular complexity index is 3870. The van der Waals surface area contributed by atoms with Gasteiger partial charge in [-0.1, -0.05) is 140 Å². The number of nitrogens with zero attached hydrogens (tertiary/aromatic N) is 3. The van der Waals surface area contributed by atoms with E-state index in [-0.39, 0.29) is 6.71 Å². The minimum Gasteiger partial charge on any atom is -0.310 e. The summed E-state index contributed by atoms with van der Waals surface area (Å²) in [6.45, 7) is 0.00847. The van der Waals surface area contributed by atoms with Crippen molar-refractivity contribution >= 4 is 121 Å². The van der Waals surface area contributed by atoms with Crippen LogP contribution >= 0.6 is 0 Å². The van der Waals surface area contributed by atoms with Gasteiger partial charge in [0.1, 0.15) is 0 Å². The molecule has 3 nitrogen and oxygen atoms in total. The molecule has 15 rings (SSSR count). The molecule has 0 fully saturated rings. The van der Waals surface area contributed by atoms with Crippen LogP contribution in [0.4, 0.5) is 0 Å². The Morgan fingerprint density at radius 2 is 0.831 bits per heavy atom. The Hall–Kier alpha value is -7.69. The van der Waals surface area contributed by atoms with Crippen molar-refractivity contribution in [3.05, 3.63) is 182 Å². The van der Waals surface area contributed by atoms with Crippen LogP contribution in [0.3, 0.4) is 0 Å². The lowest BCUT2D eigenvalue weighted by Gasteiger charge is -2.34. The molecule has 5 heterocycles. The summed E-state index contributed by atoms with van der Waals surface area (Å²) in [4.78, 5) is 5.01. The first-order chi connectivity index (χ1) is 29.3. The standard InChI is InChI=1S/C55H30BN3/c1-6-16-38-31(11-1)21-23-45-49(38)51-40-18-8-3-13-33(40)26-42-54(51)58(45)47-28-36(37-25-35-15-5-10-20-44(35)57-30-37)29-48-53(47)56(42)43-27-34-14-4-9-19-41(34)52-50-39-17-7-2-12-32(39)22-24-46(50)59(48)55(43)52/h1-30H. The first kappa shape index (κ1) is 30.5. The number of para-hydroxylation sites is 1. The zero-order valence-electron chi connectivity index (χ0n) is 31.7. The van der Waals surface area contributed by atoms with Gasteiger partial charge >= 0.3 is 0 Å². The van der Waals surface area contributed by atoms with Crippen LogP contribution in [0.25, 0.3) is 120 Å².